The van der Waals surface area contributed by atoms with Gasteiger partial charge in [0.05, 0.1) is 44.4 Å². The maximum absolute atomic E-state index is 9.84. The molecule has 474 valence electrons. The van der Waals surface area contributed by atoms with E-state index in [1.54, 1.807) is 4.57 Å². The Kier molecular flexibility index (Phi) is 11.3. The molecule has 0 fully saturated rings. The molecule has 5 nitrogen and oxygen atoms in total. The largest absolute Gasteiger partial charge is 0.456 e. The van der Waals surface area contributed by atoms with Crippen LogP contribution in [-0.2, 0) is 0 Å². The van der Waals surface area contributed by atoms with Crippen LogP contribution in [0.15, 0.2) is 374 Å². The van der Waals surface area contributed by atoms with Crippen molar-refractivity contribution >= 4 is 123 Å². The van der Waals surface area contributed by atoms with Gasteiger partial charge >= 0.3 is 0 Å². The normalized spacial score (nSPS) is 13.5. The lowest BCUT2D eigenvalue weighted by molar-refractivity contribution is 0.669. The van der Waals surface area contributed by atoms with Gasteiger partial charge in [0, 0.05) is 88.7 Å². The van der Waals surface area contributed by atoms with Crippen molar-refractivity contribution in [3.63, 3.8) is 0 Å². The molecule has 19 aromatic rings. The Labute approximate surface area is 601 Å². The van der Waals surface area contributed by atoms with Gasteiger partial charge in [0.1, 0.15) is 11.2 Å². The van der Waals surface area contributed by atoms with Crippen LogP contribution in [0, 0.1) is 0 Å². The van der Waals surface area contributed by atoms with E-state index in [1.165, 1.54) is 0 Å². The van der Waals surface area contributed by atoms with Gasteiger partial charge in [-0.2, -0.15) is 0 Å². The second-order valence-corrected chi connectivity index (χ2v) is 26.4. The molecular formula is C96H61BN4O. The Hall–Kier alpha value is -13.4. The molecule has 0 unspecified atom stereocenters. The lowest BCUT2D eigenvalue weighted by Gasteiger charge is -2.46. The smallest absolute Gasteiger partial charge is 0.252 e. The Morgan fingerprint density at radius 1 is 0.255 bits per heavy atom. The number of aromatic nitrogens is 2. The second-order valence-electron chi connectivity index (χ2n) is 26.4. The Bertz CT molecular complexity index is 6900. The predicted octanol–water partition coefficient (Wildman–Crippen LogP) is 23.9. The zero-order chi connectivity index (χ0) is 73.9. The highest BCUT2D eigenvalue weighted by Crippen LogP contribution is 2.55. The zero-order valence-corrected chi connectivity index (χ0v) is 54.9. The lowest BCUT2D eigenvalue weighted by atomic mass is 9.33. The van der Waals surface area contributed by atoms with Gasteiger partial charge in [-0.25, -0.2) is 0 Å². The van der Waals surface area contributed by atoms with Crippen LogP contribution in [0.2, 0.25) is 0 Å². The van der Waals surface area contributed by atoms with E-state index in [-0.39, 0.29) is 33.9 Å². The number of fused-ring (bicyclic) bond motifs is 13. The van der Waals surface area contributed by atoms with Gasteiger partial charge in [-0.3, -0.25) is 0 Å². The van der Waals surface area contributed by atoms with Crippen LogP contribution in [0.5, 0.6) is 0 Å². The monoisotopic (exact) mass is 1300 g/mol. The van der Waals surface area contributed by atoms with Gasteiger partial charge in [-0.15, -0.1) is 0 Å². The molecule has 2 aliphatic rings. The molecule has 102 heavy (non-hydrogen) atoms. The van der Waals surface area contributed by atoms with Crippen molar-refractivity contribution in [3.05, 3.63) is 370 Å². The number of para-hydroxylation sites is 7. The van der Waals surface area contributed by atoms with Crippen molar-refractivity contribution in [2.75, 3.05) is 9.80 Å². The first-order valence-electron chi connectivity index (χ1n) is 38.5. The molecule has 0 amide bonds. The van der Waals surface area contributed by atoms with Crippen LogP contribution in [0.1, 0.15) is 11.0 Å². The van der Waals surface area contributed by atoms with E-state index < -0.39 is 43.0 Å². The van der Waals surface area contributed by atoms with Crippen molar-refractivity contribution in [2.45, 2.75) is 0 Å². The fourth-order valence-electron chi connectivity index (χ4n) is 16.5. The molecule has 0 bridgehead atoms. The van der Waals surface area contributed by atoms with Crippen LogP contribution in [0.4, 0.5) is 34.1 Å². The van der Waals surface area contributed by atoms with Gasteiger partial charge in [0.15, 0.2) is 0 Å². The van der Waals surface area contributed by atoms with Crippen LogP contribution in [0.25, 0.3) is 144 Å². The molecule has 21 rings (SSSR count). The summed E-state index contributed by atoms with van der Waals surface area (Å²) in [5.41, 5.74) is 25.3. The molecule has 0 saturated carbocycles. The van der Waals surface area contributed by atoms with Crippen LogP contribution in [-0.4, -0.2) is 15.8 Å². The number of anilines is 6. The molecule has 2 aliphatic heterocycles. The molecule has 0 spiro atoms. The van der Waals surface area contributed by atoms with E-state index >= 15 is 0 Å². The minimum atomic E-state index is -0.526. The molecule has 3 aromatic heterocycles. The van der Waals surface area contributed by atoms with E-state index in [2.05, 4.69) is 299 Å². The molecule has 0 saturated heterocycles. The standard InChI is InChI=1S/C96H61BN4O/c1-6-26-62(27-7-1)72-40-24-41-73(63-28-8-2-9-29-63)95(72)100-88-58-68(66-49-54-87-80(56-66)78-38-18-22-46-86(78)98(87)70-34-14-5-15-35-70)48-52-82(88)97-83-53-51-71(99-84-44-20-16-36-76(84)77-37-17-21-45-85(77)99)61-89(83)101(96-74(64-30-10-3-11-31-64)42-25-43-75(96)65-32-12-4-13-33-65)91-60-69(59-90(100)94(91)97)67-50-55-93-81(57-67)79-39-19-23-47-92(79)102-93/h1-61H/i16D,17D,20D,21D,36D,37D,44D,45D. The van der Waals surface area contributed by atoms with Gasteiger partial charge in [0.25, 0.3) is 6.71 Å². The molecule has 6 heteroatoms. The topological polar surface area (TPSA) is 29.5 Å². The predicted molar refractivity (Wildman–Crippen MR) is 429 cm³/mol. The second kappa shape index (κ2) is 23.1. The zero-order valence-electron chi connectivity index (χ0n) is 62.9. The first kappa shape index (κ1) is 50.0. The summed E-state index contributed by atoms with van der Waals surface area (Å²) in [4.78, 5) is 4.96. The fraction of sp³-hybridized carbons (Fsp3) is 0. The van der Waals surface area contributed by atoms with E-state index in [4.69, 9.17) is 7.16 Å². The molecule has 0 aliphatic carbocycles. The van der Waals surface area contributed by atoms with Crippen LogP contribution >= 0.6 is 0 Å². The molecule has 5 heterocycles. The van der Waals surface area contributed by atoms with Gasteiger partial charge in [-0.05, 0) is 152 Å². The van der Waals surface area contributed by atoms with Gasteiger partial charge in [0.2, 0.25) is 0 Å². The average Bonchev–Trinajstić information content (AvgIpc) is 0.975. The van der Waals surface area contributed by atoms with Crippen LogP contribution < -0.4 is 26.2 Å². The van der Waals surface area contributed by atoms with Crippen molar-refractivity contribution in [3.8, 4) is 78.1 Å². The minimum absolute atomic E-state index is 0.000719. The summed E-state index contributed by atoms with van der Waals surface area (Å²) in [5, 5.41) is 4.22. The van der Waals surface area contributed by atoms with Crippen molar-refractivity contribution < 1.29 is 15.4 Å². The number of hydrogen-bond donors (Lipinski definition) is 0. The van der Waals surface area contributed by atoms with Gasteiger partial charge < -0.3 is 23.4 Å². The summed E-state index contributed by atoms with van der Waals surface area (Å²) < 4.78 is 86.1. The first-order chi connectivity index (χ1) is 53.9. The van der Waals surface area contributed by atoms with E-state index in [1.807, 2.05) is 36.4 Å². The molecule has 0 radical (unpaired) electrons. The Balaban J connectivity index is 0.937. The summed E-state index contributed by atoms with van der Waals surface area (Å²) in [5.74, 6) is 0. The van der Waals surface area contributed by atoms with E-state index in [9.17, 15) is 8.22 Å². The fourth-order valence-corrected chi connectivity index (χ4v) is 16.5. The molecule has 16 aromatic carbocycles. The Morgan fingerprint density at radius 2 is 0.676 bits per heavy atom. The quantitative estimate of drug-likeness (QED) is 0.128. The number of hydrogen-bond acceptors (Lipinski definition) is 3. The first-order valence-corrected chi connectivity index (χ1v) is 34.5. The highest BCUT2D eigenvalue weighted by Gasteiger charge is 2.46. The molecule has 0 N–H and O–H groups in total. The lowest BCUT2D eigenvalue weighted by Crippen LogP contribution is -2.61. The third-order valence-corrected chi connectivity index (χ3v) is 20.9. The third kappa shape index (κ3) is 8.92. The maximum Gasteiger partial charge on any atom is 0.252 e. The molecular weight excluding hydrogens is 1240 g/mol. The summed E-state index contributed by atoms with van der Waals surface area (Å²) >= 11 is 0. The highest BCUT2D eigenvalue weighted by atomic mass is 16.3. The minimum Gasteiger partial charge on any atom is -0.456 e. The third-order valence-electron chi connectivity index (χ3n) is 20.9. The summed E-state index contributed by atoms with van der Waals surface area (Å²) in [6, 6.07) is 110. The highest BCUT2D eigenvalue weighted by molar-refractivity contribution is 7.00. The van der Waals surface area contributed by atoms with E-state index in [0.29, 0.717) is 5.69 Å². The maximum atomic E-state index is 9.84. The number of rotatable bonds is 10. The number of benzene rings is 16. The summed E-state index contributed by atoms with van der Waals surface area (Å²) in [6.45, 7) is -0.526. The van der Waals surface area contributed by atoms with E-state index in [0.717, 1.165) is 167 Å². The van der Waals surface area contributed by atoms with Crippen molar-refractivity contribution in [1.82, 2.24) is 9.13 Å². The molecule has 0 atom stereocenters. The average molecular weight is 1310 g/mol. The van der Waals surface area contributed by atoms with Crippen molar-refractivity contribution in [1.29, 1.82) is 0 Å². The van der Waals surface area contributed by atoms with Crippen molar-refractivity contribution in [2.24, 2.45) is 0 Å². The summed E-state index contributed by atoms with van der Waals surface area (Å²) in [7, 11) is 0. The Morgan fingerprint density at radius 3 is 1.26 bits per heavy atom. The summed E-state index contributed by atoms with van der Waals surface area (Å²) in [6.07, 6.45) is 0. The van der Waals surface area contributed by atoms with Crippen LogP contribution in [0.3, 0.4) is 0 Å². The SMILES string of the molecule is [2H]c1c([2H])c([2H])c2c(c1[2H])c1c([2H])c([2H])c([2H])c([2H])c1n2-c1ccc2c(c1)N(c1c(-c3ccccc3)cccc1-c1ccccc1)c1cc(-c3ccc4oc5ccccc5c4c3)cc3c1B2c1ccc(-c2ccc4c(c2)c2ccccc2n4-c2ccccc2)cc1N3c1c(-c2ccccc2)cccc1-c1ccccc1. The number of nitrogens with zero attached hydrogens (tertiary/aromatic N) is 4. The number of furan rings is 1. The van der Waals surface area contributed by atoms with Gasteiger partial charge in [-0.1, -0.05) is 279 Å².